The average molecular weight is 588 g/mol. The molecule has 0 fully saturated rings. The Morgan fingerprint density at radius 1 is 0.780 bits per heavy atom. The molecule has 8 heteroatoms. The average Bonchev–Trinajstić information content (AvgIpc) is 2.97. The van der Waals surface area contributed by atoms with E-state index in [0.29, 0.717) is 18.6 Å². The molecule has 1 heterocycles. The van der Waals surface area contributed by atoms with Gasteiger partial charge in [-0.2, -0.15) is 0 Å². The Labute approximate surface area is 249 Å². The molecule has 0 saturated heterocycles. The summed E-state index contributed by atoms with van der Waals surface area (Å²) in [6, 6.07) is 10.8. The Hall–Kier alpha value is -2.48. The maximum Gasteiger partial charge on any atom is 0.266 e. The first-order valence-corrected chi connectivity index (χ1v) is 17.7. The van der Waals surface area contributed by atoms with Crippen molar-refractivity contribution in [3.8, 4) is 5.75 Å². The van der Waals surface area contributed by atoms with Crippen LogP contribution >= 0.6 is 0 Å². The third-order valence-electron chi connectivity index (χ3n) is 7.39. The van der Waals surface area contributed by atoms with Crippen molar-refractivity contribution in [2.75, 3.05) is 11.1 Å². The van der Waals surface area contributed by atoms with Gasteiger partial charge < -0.3 is 10.1 Å². The molecule has 7 nitrogen and oxygen atoms in total. The summed E-state index contributed by atoms with van der Waals surface area (Å²) in [7, 11) is -3.46. The zero-order valence-electron chi connectivity index (χ0n) is 25.7. The number of ether oxygens (including phenoxy) is 1. The molecule has 0 aliphatic carbocycles. The molecule has 1 amide bonds. The molecule has 0 spiro atoms. The van der Waals surface area contributed by atoms with Crippen LogP contribution in [0, 0.1) is 0 Å². The summed E-state index contributed by atoms with van der Waals surface area (Å²) in [4.78, 5) is 12.8. The molecule has 0 aliphatic heterocycles. The van der Waals surface area contributed by atoms with Gasteiger partial charge in [-0.25, -0.2) is 8.42 Å². The lowest BCUT2D eigenvalue weighted by Crippen LogP contribution is -2.32. The van der Waals surface area contributed by atoms with Crippen molar-refractivity contribution in [3.05, 3.63) is 42.0 Å². The predicted octanol–water partition coefficient (Wildman–Crippen LogP) is 8.48. The van der Waals surface area contributed by atoms with Gasteiger partial charge in [-0.3, -0.25) is 4.79 Å². The van der Waals surface area contributed by atoms with E-state index in [4.69, 9.17) is 4.74 Å². The molecule has 1 unspecified atom stereocenters. The fourth-order valence-electron chi connectivity index (χ4n) is 4.81. The van der Waals surface area contributed by atoms with E-state index < -0.39 is 15.9 Å². The second kappa shape index (κ2) is 20.4. The number of benzene rings is 1. The molecular weight excluding hydrogens is 534 g/mol. The minimum atomic E-state index is -3.46. The molecule has 1 aromatic carbocycles. The topological polar surface area (TPSA) is 98.2 Å². The van der Waals surface area contributed by atoms with Crippen molar-refractivity contribution in [1.29, 1.82) is 0 Å². The van der Waals surface area contributed by atoms with Crippen molar-refractivity contribution in [3.63, 3.8) is 0 Å². The summed E-state index contributed by atoms with van der Waals surface area (Å²) in [5, 5.41) is 10.3. The van der Waals surface area contributed by atoms with Crippen LogP contribution in [0.5, 0.6) is 5.75 Å². The summed E-state index contributed by atoms with van der Waals surface area (Å²) in [6.07, 6.45) is 19.6. The number of carbonyl (C=O) groups is 1. The maximum atomic E-state index is 12.8. The lowest BCUT2D eigenvalue weighted by atomic mass is 10.0. The second-order valence-electron chi connectivity index (χ2n) is 11.1. The van der Waals surface area contributed by atoms with E-state index in [9.17, 15) is 13.2 Å². The number of carbonyl (C=O) groups excluding carboxylic acids is 1. The van der Waals surface area contributed by atoms with Crippen LogP contribution in [0.2, 0.25) is 0 Å². The van der Waals surface area contributed by atoms with E-state index in [2.05, 4.69) is 28.5 Å². The minimum absolute atomic E-state index is 0.0358. The molecular formula is C33H53N3O4S. The van der Waals surface area contributed by atoms with Crippen LogP contribution in [0.1, 0.15) is 129 Å². The Morgan fingerprint density at radius 3 is 1.95 bits per heavy atom. The van der Waals surface area contributed by atoms with Gasteiger partial charge in [0.05, 0.1) is 5.75 Å². The van der Waals surface area contributed by atoms with Crippen molar-refractivity contribution >= 4 is 21.6 Å². The Bertz CT molecular complexity index is 1090. The quantitative estimate of drug-likeness (QED) is 0.131. The van der Waals surface area contributed by atoms with Crippen molar-refractivity contribution in [1.82, 2.24) is 10.2 Å². The number of nitrogens with zero attached hydrogens (tertiary/aromatic N) is 2. The van der Waals surface area contributed by atoms with Gasteiger partial charge in [-0.1, -0.05) is 116 Å². The molecule has 0 aliphatic rings. The number of amides is 1. The highest BCUT2D eigenvalue weighted by Gasteiger charge is 2.21. The molecule has 41 heavy (non-hydrogen) atoms. The zero-order chi connectivity index (χ0) is 29.8. The molecule has 1 N–H and O–H groups in total. The van der Waals surface area contributed by atoms with E-state index >= 15 is 0 Å². The number of sulfone groups is 1. The number of rotatable bonds is 23. The first-order chi connectivity index (χ1) is 19.9. The first kappa shape index (κ1) is 34.7. The SMILES string of the molecule is CCCCCCCCCCCCCCCc1cccc(OC(CC)C(=O)Nc2ccc(S(=O)(=O)CCCC)nn2)c1. The summed E-state index contributed by atoms with van der Waals surface area (Å²) < 4.78 is 30.6. The Kier molecular flexibility index (Phi) is 17.3. The number of hydrogen-bond acceptors (Lipinski definition) is 6. The van der Waals surface area contributed by atoms with Gasteiger partial charge in [-0.15, -0.1) is 10.2 Å². The third kappa shape index (κ3) is 14.3. The summed E-state index contributed by atoms with van der Waals surface area (Å²) in [5.74, 6) is 0.559. The number of aromatic nitrogens is 2. The highest BCUT2D eigenvalue weighted by molar-refractivity contribution is 7.91. The fourth-order valence-corrected chi connectivity index (χ4v) is 6.12. The van der Waals surface area contributed by atoms with E-state index in [1.807, 2.05) is 32.0 Å². The molecule has 230 valence electrons. The van der Waals surface area contributed by atoms with Crippen LogP contribution in [0.3, 0.4) is 0 Å². The Balaban J connectivity index is 1.70. The lowest BCUT2D eigenvalue weighted by molar-refractivity contribution is -0.122. The number of unbranched alkanes of at least 4 members (excludes halogenated alkanes) is 13. The number of aryl methyl sites for hydroxylation is 1. The van der Waals surface area contributed by atoms with Gasteiger partial charge in [0, 0.05) is 0 Å². The number of nitrogens with one attached hydrogen (secondary N) is 1. The van der Waals surface area contributed by atoms with Gasteiger partial charge in [0.25, 0.3) is 5.91 Å². The molecule has 0 saturated carbocycles. The van der Waals surface area contributed by atoms with Gasteiger partial charge >= 0.3 is 0 Å². The smallest absolute Gasteiger partial charge is 0.266 e. The minimum Gasteiger partial charge on any atom is -0.481 e. The largest absolute Gasteiger partial charge is 0.481 e. The fraction of sp³-hybridized carbons (Fsp3) is 0.667. The van der Waals surface area contributed by atoms with Gasteiger partial charge in [-0.05, 0) is 55.5 Å². The Morgan fingerprint density at radius 2 is 1.39 bits per heavy atom. The predicted molar refractivity (Wildman–Crippen MR) is 168 cm³/mol. The maximum absolute atomic E-state index is 12.8. The lowest BCUT2D eigenvalue weighted by Gasteiger charge is -2.17. The van der Waals surface area contributed by atoms with Gasteiger partial charge in [0.15, 0.2) is 26.8 Å². The van der Waals surface area contributed by atoms with Crippen LogP contribution in [0.25, 0.3) is 0 Å². The molecule has 1 atom stereocenters. The summed E-state index contributed by atoms with van der Waals surface area (Å²) in [6.45, 7) is 6.09. The van der Waals surface area contributed by atoms with Crippen LogP contribution < -0.4 is 10.1 Å². The number of hydrogen-bond donors (Lipinski definition) is 1. The standard InChI is InChI=1S/C33H53N3O4S/c1-4-7-9-10-11-12-13-14-15-16-17-18-19-21-28-22-20-23-29(27-28)40-30(6-3)33(37)34-31-24-25-32(36-35-31)41(38,39)26-8-5-2/h20,22-25,27,30H,4-19,21,26H2,1-3H3,(H,34,35,37). The van der Waals surface area contributed by atoms with Crippen LogP contribution in [-0.2, 0) is 21.1 Å². The summed E-state index contributed by atoms with van der Waals surface area (Å²) in [5.41, 5.74) is 1.21. The van der Waals surface area contributed by atoms with Gasteiger partial charge in [0.2, 0.25) is 0 Å². The van der Waals surface area contributed by atoms with E-state index in [-0.39, 0.29) is 22.5 Å². The third-order valence-corrected chi connectivity index (χ3v) is 9.07. The van der Waals surface area contributed by atoms with Crippen LogP contribution in [-0.4, -0.2) is 36.4 Å². The van der Waals surface area contributed by atoms with Crippen molar-refractivity contribution in [2.24, 2.45) is 0 Å². The molecule has 0 radical (unpaired) electrons. The molecule has 2 aromatic rings. The normalized spacial score (nSPS) is 12.3. The highest BCUT2D eigenvalue weighted by Crippen LogP contribution is 2.20. The highest BCUT2D eigenvalue weighted by atomic mass is 32.2. The molecule has 0 bridgehead atoms. The monoisotopic (exact) mass is 587 g/mol. The van der Waals surface area contributed by atoms with Crippen LogP contribution in [0.15, 0.2) is 41.4 Å². The van der Waals surface area contributed by atoms with Crippen molar-refractivity contribution in [2.45, 2.75) is 141 Å². The molecule has 2 rings (SSSR count). The zero-order valence-corrected chi connectivity index (χ0v) is 26.5. The van der Waals surface area contributed by atoms with E-state index in [1.165, 1.54) is 94.7 Å². The van der Waals surface area contributed by atoms with E-state index in [1.54, 1.807) is 0 Å². The van der Waals surface area contributed by atoms with Gasteiger partial charge in [0.1, 0.15) is 5.75 Å². The van der Waals surface area contributed by atoms with Crippen molar-refractivity contribution < 1.29 is 17.9 Å². The molecule has 1 aromatic heterocycles. The summed E-state index contributed by atoms with van der Waals surface area (Å²) >= 11 is 0. The van der Waals surface area contributed by atoms with E-state index in [0.717, 1.165) is 19.3 Å². The first-order valence-electron chi connectivity index (χ1n) is 16.0. The second-order valence-corrected chi connectivity index (χ2v) is 13.1. The van der Waals surface area contributed by atoms with Crippen LogP contribution in [0.4, 0.5) is 5.82 Å². The number of anilines is 1.